The molecule has 0 bridgehead atoms. The quantitative estimate of drug-likeness (QED) is 0.161. The van der Waals surface area contributed by atoms with Crippen LogP contribution in [0.15, 0.2) is 194 Å². The van der Waals surface area contributed by atoms with Gasteiger partial charge in [-0.2, -0.15) is 48.5 Å². The van der Waals surface area contributed by atoms with Gasteiger partial charge in [-0.25, -0.2) is 4.98 Å². The third-order valence-corrected chi connectivity index (χ3v) is 13.3. The van der Waals surface area contributed by atoms with Gasteiger partial charge in [-0.1, -0.05) is 148 Å². The molecule has 3 aromatic heterocycles. The van der Waals surface area contributed by atoms with E-state index >= 15 is 0 Å². The molecule has 0 fully saturated rings. The van der Waals surface area contributed by atoms with E-state index in [-0.39, 0.29) is 26.5 Å². The van der Waals surface area contributed by atoms with E-state index in [1.165, 1.54) is 55.5 Å². The van der Waals surface area contributed by atoms with Crippen LogP contribution in [0.4, 0.5) is 0 Å². The SMILES string of the molecule is CC(C)(C)c1cc(-n2c3[c-]cccc3c3ccccc32)nc(C2(c3[c-]c(C4(c5ccccn5)c5ccccc5-c5ccccc54)ccc3)c3ccccc3-c3ccccc32)c1.[Pt+2]. The van der Waals surface area contributed by atoms with Gasteiger partial charge in [0.2, 0.25) is 0 Å². The van der Waals surface area contributed by atoms with E-state index in [0.717, 1.165) is 44.8 Å². The Morgan fingerprint density at radius 1 is 0.500 bits per heavy atom. The van der Waals surface area contributed by atoms with Gasteiger partial charge < -0.3 is 4.57 Å². The maximum atomic E-state index is 5.90. The van der Waals surface area contributed by atoms with E-state index in [0.29, 0.717) is 0 Å². The molecule has 3 heterocycles. The van der Waals surface area contributed by atoms with Crippen LogP contribution in [0.1, 0.15) is 71.1 Å². The first-order valence-electron chi connectivity index (χ1n) is 21.2. The standard InChI is InChI=1S/C58H41N3.Pt/c1-56(2,3)40-36-54(60-55(37-40)61-51-31-14-8-25-45(51)46-26-9-15-32-52(46)61)58(49-29-12-6-23-43(49)44-24-7-13-30-50(44)58)39-20-18-19-38(35-39)57(53-33-16-17-34-59-53)47-27-10-4-21-41(47)42-22-5-11-28-48(42)57;/h4-31,33-34,36-37H,1-3H3;/q-2;+2. The average molecular weight is 975 g/mol. The van der Waals surface area contributed by atoms with Gasteiger partial charge in [-0.15, -0.1) is 16.5 Å². The van der Waals surface area contributed by atoms with Gasteiger partial charge in [-0.3, -0.25) is 4.98 Å². The van der Waals surface area contributed by atoms with Crippen molar-refractivity contribution in [1.29, 1.82) is 0 Å². The van der Waals surface area contributed by atoms with E-state index < -0.39 is 10.8 Å². The van der Waals surface area contributed by atoms with Gasteiger partial charge in [-0.05, 0) is 91.2 Å². The van der Waals surface area contributed by atoms with E-state index in [1.54, 1.807) is 0 Å². The van der Waals surface area contributed by atoms with Crippen molar-refractivity contribution in [3.05, 3.63) is 257 Å². The maximum Gasteiger partial charge on any atom is 2.00 e. The summed E-state index contributed by atoms with van der Waals surface area (Å²) in [5.41, 5.74) is 15.3. The Hall–Kier alpha value is -6.67. The first-order valence-corrected chi connectivity index (χ1v) is 21.2. The molecule has 0 amide bonds. The molecule has 0 unspecified atom stereocenters. The summed E-state index contributed by atoms with van der Waals surface area (Å²) < 4.78 is 2.31. The zero-order valence-electron chi connectivity index (χ0n) is 34.6. The minimum Gasteiger partial charge on any atom is -0.319 e. The van der Waals surface area contributed by atoms with Gasteiger partial charge in [0.1, 0.15) is 5.82 Å². The Balaban J connectivity index is 0.00000432. The topological polar surface area (TPSA) is 30.7 Å². The molecule has 298 valence electrons. The normalized spacial score (nSPS) is 14.2. The predicted octanol–water partition coefficient (Wildman–Crippen LogP) is 13.2. The van der Waals surface area contributed by atoms with Gasteiger partial charge in [0, 0.05) is 11.7 Å². The summed E-state index contributed by atoms with van der Waals surface area (Å²) in [5, 5.41) is 2.34. The van der Waals surface area contributed by atoms with E-state index in [1.807, 2.05) is 18.3 Å². The monoisotopic (exact) mass is 974 g/mol. The summed E-state index contributed by atoms with van der Waals surface area (Å²) in [5.74, 6) is 0.872. The molecular weight excluding hydrogens is 934 g/mol. The minimum atomic E-state index is -0.829. The smallest absolute Gasteiger partial charge is 0.319 e. The number of pyridine rings is 2. The zero-order chi connectivity index (χ0) is 40.9. The Kier molecular flexibility index (Phi) is 8.76. The molecule has 0 saturated carbocycles. The van der Waals surface area contributed by atoms with Crippen LogP contribution in [0.3, 0.4) is 0 Å². The second-order valence-electron chi connectivity index (χ2n) is 17.5. The molecule has 0 saturated heterocycles. The van der Waals surface area contributed by atoms with Crippen molar-refractivity contribution in [3.8, 4) is 28.1 Å². The molecule has 2 aliphatic carbocycles. The third kappa shape index (κ3) is 5.22. The number of rotatable bonds is 5. The molecule has 0 aliphatic heterocycles. The molecular formula is C58H41N3Pt. The second-order valence-corrected chi connectivity index (χ2v) is 17.5. The predicted molar refractivity (Wildman–Crippen MR) is 247 cm³/mol. The van der Waals surface area contributed by atoms with Crippen LogP contribution in [0, 0.1) is 12.1 Å². The van der Waals surface area contributed by atoms with Crippen molar-refractivity contribution in [1.82, 2.24) is 14.5 Å². The minimum absolute atomic E-state index is 0. The van der Waals surface area contributed by atoms with Gasteiger partial charge >= 0.3 is 21.1 Å². The molecule has 10 aromatic rings. The first kappa shape index (κ1) is 38.3. The van der Waals surface area contributed by atoms with Crippen molar-refractivity contribution < 1.29 is 21.1 Å². The molecule has 3 nitrogen and oxygen atoms in total. The van der Waals surface area contributed by atoms with Crippen molar-refractivity contribution in [2.75, 3.05) is 0 Å². The Labute approximate surface area is 377 Å². The Morgan fingerprint density at radius 2 is 1.02 bits per heavy atom. The van der Waals surface area contributed by atoms with Crippen molar-refractivity contribution in [2.45, 2.75) is 37.0 Å². The summed E-state index contributed by atoms with van der Waals surface area (Å²) >= 11 is 0. The van der Waals surface area contributed by atoms with Crippen LogP contribution in [-0.4, -0.2) is 14.5 Å². The molecule has 0 radical (unpaired) electrons. The second kappa shape index (κ2) is 14.2. The molecule has 7 aromatic carbocycles. The molecule has 62 heavy (non-hydrogen) atoms. The van der Waals surface area contributed by atoms with Gasteiger partial charge in [0.25, 0.3) is 0 Å². The summed E-state index contributed by atoms with van der Waals surface area (Å²) in [4.78, 5) is 11.1. The van der Waals surface area contributed by atoms with Crippen LogP contribution >= 0.6 is 0 Å². The Bertz CT molecular complexity index is 3230. The van der Waals surface area contributed by atoms with E-state index in [9.17, 15) is 0 Å². The Morgan fingerprint density at radius 3 is 1.58 bits per heavy atom. The van der Waals surface area contributed by atoms with Gasteiger partial charge in [0.15, 0.2) is 0 Å². The number of benzene rings is 7. The molecule has 0 atom stereocenters. The van der Waals surface area contributed by atoms with Crippen molar-refractivity contribution >= 4 is 21.8 Å². The molecule has 12 rings (SSSR count). The fourth-order valence-electron chi connectivity index (χ4n) is 10.7. The number of hydrogen-bond donors (Lipinski definition) is 0. The summed E-state index contributed by atoms with van der Waals surface area (Å²) in [6.45, 7) is 6.90. The summed E-state index contributed by atoms with van der Waals surface area (Å²) in [7, 11) is 0. The van der Waals surface area contributed by atoms with E-state index in [2.05, 4.69) is 213 Å². The molecule has 0 spiro atoms. The first-order chi connectivity index (χ1) is 29.9. The molecule has 4 heteroatoms. The number of hydrogen-bond acceptors (Lipinski definition) is 2. The van der Waals surface area contributed by atoms with Crippen LogP contribution in [0.5, 0.6) is 0 Å². The summed E-state index contributed by atoms with van der Waals surface area (Å²) in [6, 6.07) is 76.0. The number of para-hydroxylation sites is 2. The average Bonchev–Trinajstić information content (AvgIpc) is 3.92. The third-order valence-electron chi connectivity index (χ3n) is 13.3. The van der Waals surface area contributed by atoms with Crippen molar-refractivity contribution in [3.63, 3.8) is 0 Å². The molecule has 0 N–H and O–H groups in total. The largest absolute Gasteiger partial charge is 2.00 e. The molecule has 2 aliphatic rings. The van der Waals surface area contributed by atoms with E-state index in [4.69, 9.17) is 9.97 Å². The van der Waals surface area contributed by atoms with Gasteiger partial charge in [0.05, 0.1) is 22.2 Å². The maximum absolute atomic E-state index is 5.90. The van der Waals surface area contributed by atoms with Crippen LogP contribution in [-0.2, 0) is 37.3 Å². The number of aromatic nitrogens is 3. The van der Waals surface area contributed by atoms with Crippen LogP contribution in [0.25, 0.3) is 49.9 Å². The zero-order valence-corrected chi connectivity index (χ0v) is 36.9. The fourth-order valence-corrected chi connectivity index (χ4v) is 10.7. The fraction of sp³-hybridized carbons (Fsp3) is 0.103. The number of nitrogens with zero attached hydrogens (tertiary/aromatic N) is 3. The van der Waals surface area contributed by atoms with Crippen LogP contribution < -0.4 is 0 Å². The number of fused-ring (bicyclic) bond motifs is 9. The van der Waals surface area contributed by atoms with Crippen molar-refractivity contribution in [2.24, 2.45) is 0 Å². The van der Waals surface area contributed by atoms with Crippen LogP contribution in [0.2, 0.25) is 0 Å². The summed E-state index contributed by atoms with van der Waals surface area (Å²) in [6.07, 6.45) is 1.92.